The minimum atomic E-state index is 0.927. The molecule has 0 saturated carbocycles. The van der Waals surface area contributed by atoms with Crippen LogP contribution in [0.5, 0.6) is 0 Å². The second-order valence-corrected chi connectivity index (χ2v) is 8.03. The fourth-order valence-corrected chi connectivity index (χ4v) is 3.89. The lowest BCUT2D eigenvalue weighted by molar-refractivity contribution is 1.06. The normalized spacial score (nSPS) is 20.4. The highest BCUT2D eigenvalue weighted by Crippen LogP contribution is 2.24. The lowest BCUT2D eigenvalue weighted by Gasteiger charge is -2.03. The topological polar surface area (TPSA) is 56.3 Å². The van der Waals surface area contributed by atoms with Gasteiger partial charge in [0.1, 0.15) is 0 Å². The first-order valence-corrected chi connectivity index (χ1v) is 11.0. The van der Waals surface area contributed by atoms with Gasteiger partial charge < -0.3 is 9.97 Å². The number of rotatable bonds is 5. The van der Waals surface area contributed by atoms with Crippen LogP contribution >= 0.6 is 0 Å². The predicted octanol–water partition coefficient (Wildman–Crippen LogP) is 5.19. The van der Waals surface area contributed by atoms with Crippen LogP contribution in [0.15, 0.2) is 75.5 Å². The van der Waals surface area contributed by atoms with Gasteiger partial charge in [-0.05, 0) is 104 Å². The number of nitrogens with one attached hydrogen (secondary N) is 2. The molecule has 0 bridgehead atoms. The second-order valence-electron chi connectivity index (χ2n) is 8.03. The Morgan fingerprint density at radius 3 is 2.26 bits per heavy atom. The van der Waals surface area contributed by atoms with E-state index in [2.05, 4.69) is 86.0 Å². The Hall–Kier alpha value is -3.40. The Morgan fingerprint density at radius 2 is 1.55 bits per heavy atom. The van der Waals surface area contributed by atoms with Crippen LogP contribution in [0.4, 0.5) is 0 Å². The van der Waals surface area contributed by atoms with Crippen molar-refractivity contribution in [1.82, 2.24) is 9.97 Å². The molecule has 2 N–H and O–H groups in total. The van der Waals surface area contributed by atoms with Crippen molar-refractivity contribution in [3.63, 3.8) is 0 Å². The summed E-state index contributed by atoms with van der Waals surface area (Å²) >= 11 is 0. The van der Waals surface area contributed by atoms with Crippen molar-refractivity contribution < 1.29 is 0 Å². The molecular weight excluding hydrogens is 380 g/mol. The molecule has 2 aliphatic heterocycles. The molecule has 2 aromatic heterocycles. The highest BCUT2D eigenvalue weighted by atomic mass is 14.8. The van der Waals surface area contributed by atoms with E-state index in [1.54, 1.807) is 0 Å². The first-order chi connectivity index (χ1) is 15.0. The fraction of sp³-hybridized carbons (Fsp3) is 0.259. The highest BCUT2D eigenvalue weighted by molar-refractivity contribution is 6.25. The van der Waals surface area contributed by atoms with E-state index < -0.39 is 0 Å². The van der Waals surface area contributed by atoms with Gasteiger partial charge in [-0.2, -0.15) is 0 Å². The molecule has 0 radical (unpaired) electrons. The maximum atomic E-state index is 4.82. The summed E-state index contributed by atoms with van der Waals surface area (Å²) in [4.78, 5) is 16.4. The zero-order chi connectivity index (χ0) is 22.0. The maximum absolute atomic E-state index is 4.82. The largest absolute Gasteiger partial charge is 0.355 e. The number of aromatic nitrogens is 2. The van der Waals surface area contributed by atoms with Crippen molar-refractivity contribution >= 4 is 28.6 Å². The zero-order valence-corrected chi connectivity index (χ0v) is 19.0. The third-order valence-electron chi connectivity index (χ3n) is 6.11. The molecule has 31 heavy (non-hydrogen) atoms. The lowest BCUT2D eigenvalue weighted by atomic mass is 10.1. The number of allylic oxidation sites excluding steroid dienone is 6. The van der Waals surface area contributed by atoms with Crippen molar-refractivity contribution in [3.8, 4) is 0 Å². The number of nitrogens with zero attached hydrogens (tertiary/aromatic N) is 2. The highest BCUT2D eigenvalue weighted by Gasteiger charge is 2.11. The zero-order valence-electron chi connectivity index (χ0n) is 19.0. The van der Waals surface area contributed by atoms with Gasteiger partial charge in [0.2, 0.25) is 0 Å². The van der Waals surface area contributed by atoms with Gasteiger partial charge in [0, 0.05) is 28.3 Å². The Kier molecular flexibility index (Phi) is 5.90. The van der Waals surface area contributed by atoms with Crippen LogP contribution in [0.2, 0.25) is 0 Å². The molecule has 0 fully saturated rings. The Balaban J connectivity index is 1.73. The van der Waals surface area contributed by atoms with E-state index in [1.807, 2.05) is 18.4 Å². The SMILES string of the molecule is CC/C(c1ccc(/C(C)=C2/C=CC=N2)[nH]1)=c1\ccc(=C(C)C2=N/C(=C(\C)CC)C=C2)[nH]1. The van der Waals surface area contributed by atoms with Crippen LogP contribution in [-0.4, -0.2) is 21.9 Å². The molecule has 0 amide bonds. The third-order valence-corrected chi connectivity index (χ3v) is 6.11. The van der Waals surface area contributed by atoms with Gasteiger partial charge in [-0.15, -0.1) is 0 Å². The van der Waals surface area contributed by atoms with Crippen molar-refractivity contribution in [2.24, 2.45) is 9.98 Å². The first kappa shape index (κ1) is 20.9. The summed E-state index contributed by atoms with van der Waals surface area (Å²) in [6, 6.07) is 8.62. The van der Waals surface area contributed by atoms with Crippen LogP contribution in [0.3, 0.4) is 0 Å². The number of hydrogen-bond donors (Lipinski definition) is 2. The molecule has 0 unspecified atom stereocenters. The van der Waals surface area contributed by atoms with Crippen molar-refractivity contribution in [3.05, 3.63) is 87.6 Å². The summed E-state index contributed by atoms with van der Waals surface area (Å²) in [5, 5.41) is 2.24. The lowest BCUT2D eigenvalue weighted by Crippen LogP contribution is -2.17. The number of H-pyrrole nitrogens is 2. The third kappa shape index (κ3) is 4.11. The number of hydrogen-bond acceptors (Lipinski definition) is 2. The standard InChI is InChI=1S/C27H30N4/c1-6-17(3)21-10-11-24(29-21)19(5)25-13-15-27(31-25)20(7-2)26-14-12-23(30-26)18(4)22-9-8-16-28-22/h8-16,30-31H,6-7H2,1-5H3/b21-17+,22-18-,25-19?,27-20-. The van der Waals surface area contributed by atoms with E-state index in [9.17, 15) is 0 Å². The molecule has 0 atom stereocenters. The van der Waals surface area contributed by atoms with E-state index in [4.69, 9.17) is 4.99 Å². The molecule has 4 heterocycles. The number of aromatic amines is 2. The molecule has 2 aromatic rings. The van der Waals surface area contributed by atoms with Gasteiger partial charge in [0.25, 0.3) is 0 Å². The summed E-state index contributed by atoms with van der Waals surface area (Å²) in [5.41, 5.74) is 10.3. The Labute approximate surface area is 183 Å². The van der Waals surface area contributed by atoms with Crippen LogP contribution in [0.25, 0.3) is 16.7 Å². The van der Waals surface area contributed by atoms with Gasteiger partial charge in [0.05, 0.1) is 17.1 Å². The minimum Gasteiger partial charge on any atom is -0.355 e. The van der Waals surface area contributed by atoms with E-state index in [-0.39, 0.29) is 0 Å². The Bertz CT molecular complexity index is 1300. The van der Waals surface area contributed by atoms with Gasteiger partial charge in [0.15, 0.2) is 0 Å². The quantitative estimate of drug-likeness (QED) is 0.682. The fourth-order valence-electron chi connectivity index (χ4n) is 3.89. The van der Waals surface area contributed by atoms with Crippen LogP contribution in [-0.2, 0) is 0 Å². The van der Waals surface area contributed by atoms with Crippen molar-refractivity contribution in [2.45, 2.75) is 47.5 Å². The molecule has 4 heteroatoms. The van der Waals surface area contributed by atoms with Crippen LogP contribution in [0.1, 0.15) is 58.8 Å². The van der Waals surface area contributed by atoms with E-state index in [0.717, 1.165) is 63.2 Å². The molecule has 4 rings (SSSR count). The summed E-state index contributed by atoms with van der Waals surface area (Å²) in [6.07, 6.45) is 12.0. The monoisotopic (exact) mass is 410 g/mol. The molecule has 2 aliphatic rings. The summed E-state index contributed by atoms with van der Waals surface area (Å²) < 4.78 is 0. The predicted molar refractivity (Wildman–Crippen MR) is 133 cm³/mol. The maximum Gasteiger partial charge on any atom is 0.0687 e. The van der Waals surface area contributed by atoms with E-state index >= 15 is 0 Å². The van der Waals surface area contributed by atoms with Crippen molar-refractivity contribution in [1.29, 1.82) is 0 Å². The average molecular weight is 411 g/mol. The average Bonchev–Trinajstić information content (AvgIpc) is 3.58. The summed E-state index contributed by atoms with van der Waals surface area (Å²) in [7, 11) is 0. The number of aliphatic imine (C=N–C) groups is 2. The first-order valence-electron chi connectivity index (χ1n) is 11.0. The van der Waals surface area contributed by atoms with Crippen LogP contribution < -0.4 is 10.7 Å². The molecule has 4 nitrogen and oxygen atoms in total. The molecule has 0 aromatic carbocycles. The molecule has 0 saturated heterocycles. The summed E-state index contributed by atoms with van der Waals surface area (Å²) in [6.45, 7) is 10.7. The van der Waals surface area contributed by atoms with Crippen LogP contribution in [0, 0.1) is 0 Å². The van der Waals surface area contributed by atoms with Gasteiger partial charge in [-0.3, -0.25) is 4.99 Å². The van der Waals surface area contributed by atoms with Crippen molar-refractivity contribution in [2.75, 3.05) is 0 Å². The molecule has 158 valence electrons. The van der Waals surface area contributed by atoms with Gasteiger partial charge >= 0.3 is 0 Å². The van der Waals surface area contributed by atoms with Gasteiger partial charge in [-0.25, -0.2) is 4.99 Å². The minimum absolute atomic E-state index is 0.927. The molecule has 0 aliphatic carbocycles. The second kappa shape index (κ2) is 8.76. The summed E-state index contributed by atoms with van der Waals surface area (Å²) in [5.74, 6) is 0. The van der Waals surface area contributed by atoms with Gasteiger partial charge in [-0.1, -0.05) is 13.8 Å². The molecular formula is C27H30N4. The van der Waals surface area contributed by atoms with E-state index in [0.29, 0.717) is 0 Å². The van der Waals surface area contributed by atoms with E-state index in [1.165, 1.54) is 11.1 Å². The molecule has 0 spiro atoms. The smallest absolute Gasteiger partial charge is 0.0687 e. The Morgan fingerprint density at radius 1 is 0.774 bits per heavy atom.